The van der Waals surface area contributed by atoms with Crippen molar-refractivity contribution in [3.63, 3.8) is 0 Å². The van der Waals surface area contributed by atoms with Gasteiger partial charge in [-0.2, -0.15) is 0 Å². The van der Waals surface area contributed by atoms with Crippen molar-refractivity contribution in [2.75, 3.05) is 13.2 Å². The smallest absolute Gasteiger partial charge is 0.192 e. The highest BCUT2D eigenvalue weighted by Gasteiger charge is 2.40. The first kappa shape index (κ1) is 14.2. The Hall–Kier alpha value is 0.0969. The van der Waals surface area contributed by atoms with Crippen molar-refractivity contribution in [2.24, 2.45) is 0 Å². The summed E-state index contributed by atoms with van der Waals surface area (Å²) in [6, 6.07) is 0. The zero-order chi connectivity index (χ0) is 12.4. The maximum atomic E-state index is 9.10. The van der Waals surface area contributed by atoms with Gasteiger partial charge >= 0.3 is 0 Å². The van der Waals surface area contributed by atoms with Crippen molar-refractivity contribution in [3.05, 3.63) is 0 Å². The highest BCUT2D eigenvalue weighted by atomic mass is 28.4. The van der Waals surface area contributed by atoms with Crippen LogP contribution in [-0.4, -0.2) is 38.8 Å². The van der Waals surface area contributed by atoms with Crippen molar-refractivity contribution in [1.29, 1.82) is 0 Å². The Kier molecular flexibility index (Phi) is 4.57. The maximum absolute atomic E-state index is 9.10. The van der Waals surface area contributed by atoms with Gasteiger partial charge in [-0.25, -0.2) is 0 Å². The second-order valence-electron chi connectivity index (χ2n) is 6.20. The molecule has 0 spiro atoms. The average Bonchev–Trinajstić information content (AvgIpc) is 2.15. The molecule has 96 valence electrons. The van der Waals surface area contributed by atoms with Gasteiger partial charge in [0.2, 0.25) is 0 Å². The minimum Gasteiger partial charge on any atom is -0.414 e. The molecule has 1 rings (SSSR count). The van der Waals surface area contributed by atoms with E-state index in [9.17, 15) is 0 Å². The Morgan fingerprint density at radius 2 is 2.00 bits per heavy atom. The van der Waals surface area contributed by atoms with Crippen LogP contribution in [0.5, 0.6) is 0 Å². The topological polar surface area (TPSA) is 38.7 Å². The lowest BCUT2D eigenvalue weighted by Gasteiger charge is -2.41. The Balaban J connectivity index is 2.53. The quantitative estimate of drug-likeness (QED) is 0.778. The molecule has 1 aliphatic heterocycles. The van der Waals surface area contributed by atoms with Crippen molar-refractivity contribution < 1.29 is 14.3 Å². The van der Waals surface area contributed by atoms with E-state index in [1.165, 1.54) is 0 Å². The van der Waals surface area contributed by atoms with Crippen LogP contribution in [0.15, 0.2) is 0 Å². The first-order chi connectivity index (χ1) is 7.26. The molecule has 16 heavy (non-hydrogen) atoms. The van der Waals surface area contributed by atoms with Crippen LogP contribution in [0.1, 0.15) is 33.6 Å². The van der Waals surface area contributed by atoms with Gasteiger partial charge < -0.3 is 14.3 Å². The van der Waals surface area contributed by atoms with Crippen LogP contribution in [0.2, 0.25) is 18.1 Å². The molecule has 1 N–H and O–H groups in total. The second kappa shape index (κ2) is 5.17. The molecule has 0 bridgehead atoms. The summed E-state index contributed by atoms with van der Waals surface area (Å²) in [6.07, 6.45) is 2.04. The highest BCUT2D eigenvalue weighted by molar-refractivity contribution is 6.74. The van der Waals surface area contributed by atoms with Gasteiger partial charge in [0, 0.05) is 19.1 Å². The first-order valence-corrected chi connectivity index (χ1v) is 9.07. The van der Waals surface area contributed by atoms with Gasteiger partial charge in [-0.1, -0.05) is 20.8 Å². The minimum atomic E-state index is -1.67. The molecule has 1 fully saturated rings. The third kappa shape index (κ3) is 3.55. The zero-order valence-electron chi connectivity index (χ0n) is 11.2. The Labute approximate surface area is 100 Å². The lowest BCUT2D eigenvalue weighted by molar-refractivity contribution is -0.0604. The van der Waals surface area contributed by atoms with Crippen molar-refractivity contribution in [1.82, 2.24) is 0 Å². The van der Waals surface area contributed by atoms with Crippen LogP contribution in [0.3, 0.4) is 0 Å². The SMILES string of the molecule is CC(C)(C)[Si](C)(C)O[C@H]1CCO[C@H](CO)C1. The van der Waals surface area contributed by atoms with E-state index in [1.54, 1.807) is 0 Å². The molecular formula is C12H26O3Si. The summed E-state index contributed by atoms with van der Waals surface area (Å²) >= 11 is 0. The Morgan fingerprint density at radius 3 is 2.50 bits per heavy atom. The molecular weight excluding hydrogens is 220 g/mol. The standard InChI is InChI=1S/C12H26O3Si/c1-12(2,3)16(4,5)15-10-6-7-14-11(8-10)9-13/h10-11,13H,6-9H2,1-5H3/t10-,11-/m0/s1. The van der Waals surface area contributed by atoms with E-state index >= 15 is 0 Å². The van der Waals surface area contributed by atoms with E-state index in [2.05, 4.69) is 33.9 Å². The summed E-state index contributed by atoms with van der Waals surface area (Å²) in [7, 11) is -1.67. The summed E-state index contributed by atoms with van der Waals surface area (Å²) in [5, 5.41) is 9.35. The fraction of sp³-hybridized carbons (Fsp3) is 1.00. The molecule has 1 aliphatic rings. The second-order valence-corrected chi connectivity index (χ2v) is 11.0. The largest absolute Gasteiger partial charge is 0.414 e. The third-order valence-corrected chi connectivity index (χ3v) is 8.33. The summed E-state index contributed by atoms with van der Waals surface area (Å²) in [5.41, 5.74) is 0. The predicted molar refractivity (Wildman–Crippen MR) is 68.1 cm³/mol. The van der Waals surface area contributed by atoms with Gasteiger partial charge in [0.05, 0.1) is 12.7 Å². The van der Waals surface area contributed by atoms with Gasteiger partial charge in [-0.15, -0.1) is 0 Å². The van der Waals surface area contributed by atoms with Crippen LogP contribution in [0.25, 0.3) is 0 Å². The van der Waals surface area contributed by atoms with Gasteiger partial charge in [0.15, 0.2) is 8.32 Å². The lowest BCUT2D eigenvalue weighted by Crippen LogP contribution is -2.46. The monoisotopic (exact) mass is 246 g/mol. The molecule has 0 amide bonds. The van der Waals surface area contributed by atoms with Crippen LogP contribution < -0.4 is 0 Å². The van der Waals surface area contributed by atoms with Crippen LogP contribution in [-0.2, 0) is 9.16 Å². The summed E-state index contributed by atoms with van der Waals surface area (Å²) < 4.78 is 11.8. The molecule has 1 saturated heterocycles. The fourth-order valence-electron chi connectivity index (χ4n) is 1.67. The van der Waals surface area contributed by atoms with E-state index < -0.39 is 8.32 Å². The van der Waals surface area contributed by atoms with Crippen LogP contribution >= 0.6 is 0 Å². The summed E-state index contributed by atoms with van der Waals surface area (Å²) in [6.45, 7) is 12.1. The predicted octanol–water partition coefficient (Wildman–Crippen LogP) is 2.55. The molecule has 3 nitrogen and oxygen atoms in total. The molecule has 0 aromatic carbocycles. The fourth-order valence-corrected chi connectivity index (χ4v) is 3.07. The number of aliphatic hydroxyl groups is 1. The van der Waals surface area contributed by atoms with Crippen molar-refractivity contribution in [3.8, 4) is 0 Å². The zero-order valence-corrected chi connectivity index (χ0v) is 12.2. The van der Waals surface area contributed by atoms with Crippen LogP contribution in [0, 0.1) is 0 Å². The summed E-state index contributed by atoms with van der Waals surface area (Å²) in [4.78, 5) is 0. The number of ether oxygens (including phenoxy) is 1. The van der Waals surface area contributed by atoms with Gasteiger partial charge in [0.25, 0.3) is 0 Å². The van der Waals surface area contributed by atoms with Gasteiger partial charge in [0.1, 0.15) is 0 Å². The Bertz CT molecular complexity index is 223. The number of hydrogen-bond acceptors (Lipinski definition) is 3. The van der Waals surface area contributed by atoms with E-state index in [4.69, 9.17) is 14.3 Å². The van der Waals surface area contributed by atoms with E-state index in [1.807, 2.05) is 0 Å². The Morgan fingerprint density at radius 1 is 1.38 bits per heavy atom. The van der Waals surface area contributed by atoms with Crippen molar-refractivity contribution in [2.45, 2.75) is 64.0 Å². The lowest BCUT2D eigenvalue weighted by atomic mass is 10.1. The normalized spacial score (nSPS) is 28.1. The van der Waals surface area contributed by atoms with Crippen molar-refractivity contribution >= 4 is 8.32 Å². The molecule has 0 radical (unpaired) electrons. The molecule has 0 aromatic heterocycles. The first-order valence-electron chi connectivity index (χ1n) is 6.16. The average molecular weight is 246 g/mol. The third-order valence-electron chi connectivity index (χ3n) is 3.79. The number of hydrogen-bond donors (Lipinski definition) is 1. The number of aliphatic hydroxyl groups excluding tert-OH is 1. The minimum absolute atomic E-state index is 0.0245. The van der Waals surface area contributed by atoms with E-state index in [0.29, 0.717) is 6.61 Å². The molecule has 1 heterocycles. The van der Waals surface area contributed by atoms with Gasteiger partial charge in [-0.3, -0.25) is 0 Å². The molecule has 0 aliphatic carbocycles. The molecule has 0 aromatic rings. The molecule has 0 unspecified atom stereocenters. The number of rotatable bonds is 3. The highest BCUT2D eigenvalue weighted by Crippen LogP contribution is 2.38. The molecule has 0 saturated carbocycles. The van der Waals surface area contributed by atoms with Gasteiger partial charge in [-0.05, 0) is 24.6 Å². The van der Waals surface area contributed by atoms with Crippen LogP contribution in [0.4, 0.5) is 0 Å². The van der Waals surface area contributed by atoms with E-state index in [-0.39, 0.29) is 23.9 Å². The summed E-state index contributed by atoms with van der Waals surface area (Å²) in [5.74, 6) is 0. The molecule has 4 heteroatoms. The maximum Gasteiger partial charge on any atom is 0.192 e. The molecule has 2 atom stereocenters. The van der Waals surface area contributed by atoms with E-state index in [0.717, 1.165) is 12.8 Å².